The number of hydrazone groups is 1. The number of carbonyl (C=O) groups is 1. The lowest BCUT2D eigenvalue weighted by Crippen LogP contribution is -2.13. The number of aromatic nitrogens is 3. The number of esters is 1. The van der Waals surface area contributed by atoms with Gasteiger partial charge in [-0.1, -0.05) is 42.1 Å². The molecule has 0 aliphatic carbocycles. The number of ether oxygens (including phenoxy) is 2. The molecule has 2 N–H and O–H groups in total. The molecule has 0 fully saturated rings. The van der Waals surface area contributed by atoms with Crippen LogP contribution in [-0.4, -0.2) is 39.2 Å². The Bertz CT molecular complexity index is 960. The lowest BCUT2D eigenvalue weighted by molar-refractivity contribution is -0.144. The molecule has 0 unspecified atom stereocenters. The molecule has 0 amide bonds. The van der Waals surface area contributed by atoms with Crippen molar-refractivity contribution in [3.8, 4) is 11.5 Å². The Kier molecular flexibility index (Phi) is 7.23. The Balaban J connectivity index is 1.51. The third-order valence-electron chi connectivity index (χ3n) is 3.37. The van der Waals surface area contributed by atoms with Crippen LogP contribution in [0.15, 0.2) is 64.9 Å². The topological polar surface area (TPSA) is 101 Å². The maximum absolute atomic E-state index is 11.5. The van der Waals surface area contributed by atoms with Gasteiger partial charge in [-0.25, -0.2) is 10.5 Å². The van der Waals surface area contributed by atoms with E-state index in [2.05, 4.69) is 25.7 Å². The summed E-state index contributed by atoms with van der Waals surface area (Å²) in [7, 11) is 0. The van der Waals surface area contributed by atoms with Crippen LogP contribution >= 0.6 is 11.8 Å². The van der Waals surface area contributed by atoms with Gasteiger partial charge in [0.15, 0.2) is 0 Å². The molecular formula is C20H21N5O3S. The van der Waals surface area contributed by atoms with Gasteiger partial charge < -0.3 is 9.47 Å². The first-order valence-corrected chi connectivity index (χ1v) is 9.94. The molecular weight excluding hydrogens is 390 g/mol. The van der Waals surface area contributed by atoms with Crippen LogP contribution in [-0.2, 0) is 9.53 Å². The maximum Gasteiger partial charge on any atom is 0.316 e. The number of benzene rings is 2. The summed E-state index contributed by atoms with van der Waals surface area (Å²) in [6, 6.07) is 17.1. The highest BCUT2D eigenvalue weighted by atomic mass is 32.2. The van der Waals surface area contributed by atoms with Gasteiger partial charge in [-0.15, -0.1) is 5.10 Å². The smallest absolute Gasteiger partial charge is 0.316 e. The number of hydrogen-bond donors (Lipinski definition) is 2. The van der Waals surface area contributed by atoms with Crippen LogP contribution in [0.2, 0.25) is 0 Å². The highest BCUT2D eigenvalue weighted by Crippen LogP contribution is 2.21. The summed E-state index contributed by atoms with van der Waals surface area (Å²) in [6.07, 6.45) is 1.51. The minimum absolute atomic E-state index is 0.140. The molecule has 29 heavy (non-hydrogen) atoms. The highest BCUT2D eigenvalue weighted by molar-refractivity contribution is 7.99. The molecule has 2 aromatic carbocycles. The molecule has 0 bridgehead atoms. The summed E-state index contributed by atoms with van der Waals surface area (Å²) >= 11 is 1.19. The van der Waals surface area contributed by atoms with Gasteiger partial charge in [0.2, 0.25) is 11.1 Å². The number of H-pyrrole nitrogens is 1. The zero-order chi connectivity index (χ0) is 20.5. The first kappa shape index (κ1) is 20.4. The first-order chi connectivity index (χ1) is 14.1. The zero-order valence-corrected chi connectivity index (χ0v) is 16.8. The Labute approximate surface area is 172 Å². The van der Waals surface area contributed by atoms with Crippen molar-refractivity contribution in [3.63, 3.8) is 0 Å². The molecule has 1 heterocycles. The van der Waals surface area contributed by atoms with E-state index in [-0.39, 0.29) is 17.8 Å². The van der Waals surface area contributed by atoms with Gasteiger partial charge in [0, 0.05) is 0 Å². The standard InChI is InChI=1S/C20H21N5O3S/c1-14(2)27-18(26)13-29-20-22-19(24-25-20)23-21-12-15-7-6-10-17(11-15)28-16-8-4-3-5-9-16/h3-12,14H,13H2,1-2H3,(H2,22,23,24,25)/b21-12-. The second-order valence-electron chi connectivity index (χ2n) is 6.15. The van der Waals surface area contributed by atoms with E-state index in [1.54, 1.807) is 20.1 Å². The minimum atomic E-state index is -0.306. The van der Waals surface area contributed by atoms with Crippen molar-refractivity contribution in [1.82, 2.24) is 15.2 Å². The van der Waals surface area contributed by atoms with Gasteiger partial charge in [-0.05, 0) is 43.7 Å². The molecule has 150 valence electrons. The van der Waals surface area contributed by atoms with Crippen LogP contribution in [0, 0.1) is 0 Å². The molecule has 3 aromatic rings. The predicted molar refractivity (Wildman–Crippen MR) is 113 cm³/mol. The van der Waals surface area contributed by atoms with Crippen LogP contribution in [0.3, 0.4) is 0 Å². The molecule has 0 aliphatic heterocycles. The number of rotatable bonds is 9. The van der Waals surface area contributed by atoms with Crippen molar-refractivity contribution >= 4 is 29.9 Å². The Morgan fingerprint density at radius 2 is 2.00 bits per heavy atom. The van der Waals surface area contributed by atoms with E-state index in [4.69, 9.17) is 9.47 Å². The van der Waals surface area contributed by atoms with E-state index in [1.807, 2.05) is 54.6 Å². The van der Waals surface area contributed by atoms with E-state index in [0.29, 0.717) is 16.9 Å². The summed E-state index contributed by atoms with van der Waals surface area (Å²) in [5.41, 5.74) is 3.63. The number of para-hydroxylation sites is 1. The molecule has 0 aliphatic rings. The van der Waals surface area contributed by atoms with Gasteiger partial charge in [-0.2, -0.15) is 10.1 Å². The third kappa shape index (κ3) is 6.96. The Hall–Kier alpha value is -3.33. The van der Waals surface area contributed by atoms with Crippen molar-refractivity contribution in [3.05, 3.63) is 60.2 Å². The molecule has 0 spiro atoms. The average molecular weight is 411 g/mol. The molecule has 0 radical (unpaired) electrons. The summed E-state index contributed by atoms with van der Waals surface area (Å²) in [6.45, 7) is 3.61. The number of nitrogens with zero attached hydrogens (tertiary/aromatic N) is 3. The van der Waals surface area contributed by atoms with Gasteiger partial charge in [0.1, 0.15) is 11.5 Å². The Morgan fingerprint density at radius 1 is 1.21 bits per heavy atom. The van der Waals surface area contributed by atoms with Crippen LogP contribution in [0.4, 0.5) is 5.95 Å². The van der Waals surface area contributed by atoms with Crippen molar-refractivity contribution < 1.29 is 14.3 Å². The van der Waals surface area contributed by atoms with Crippen molar-refractivity contribution in [1.29, 1.82) is 0 Å². The summed E-state index contributed by atoms with van der Waals surface area (Å²) in [4.78, 5) is 15.8. The van der Waals surface area contributed by atoms with Crippen molar-refractivity contribution in [2.24, 2.45) is 5.10 Å². The second kappa shape index (κ2) is 10.3. The molecule has 3 rings (SSSR count). The minimum Gasteiger partial charge on any atom is -0.462 e. The zero-order valence-electron chi connectivity index (χ0n) is 16.0. The van der Waals surface area contributed by atoms with Crippen molar-refractivity contribution in [2.75, 3.05) is 11.2 Å². The quantitative estimate of drug-likeness (QED) is 0.237. The van der Waals surface area contributed by atoms with E-state index >= 15 is 0 Å². The van der Waals surface area contributed by atoms with E-state index in [1.165, 1.54) is 11.8 Å². The number of carbonyl (C=O) groups excluding carboxylic acids is 1. The number of thioether (sulfide) groups is 1. The number of anilines is 1. The summed E-state index contributed by atoms with van der Waals surface area (Å²) in [5.74, 6) is 1.69. The fourth-order valence-corrected chi connectivity index (χ4v) is 2.81. The summed E-state index contributed by atoms with van der Waals surface area (Å²) in [5, 5.41) is 11.3. The second-order valence-corrected chi connectivity index (χ2v) is 7.09. The number of hydrogen-bond acceptors (Lipinski definition) is 8. The van der Waals surface area contributed by atoms with Gasteiger partial charge in [0.05, 0.1) is 18.1 Å². The maximum atomic E-state index is 11.5. The average Bonchev–Trinajstić information content (AvgIpc) is 3.15. The number of aromatic amines is 1. The lowest BCUT2D eigenvalue weighted by Gasteiger charge is -2.05. The van der Waals surface area contributed by atoms with E-state index < -0.39 is 0 Å². The fraction of sp³-hybridized carbons (Fsp3) is 0.200. The Morgan fingerprint density at radius 3 is 2.79 bits per heavy atom. The molecule has 0 saturated heterocycles. The van der Waals surface area contributed by atoms with Crippen LogP contribution < -0.4 is 10.2 Å². The molecule has 1 aromatic heterocycles. The van der Waals surface area contributed by atoms with Crippen LogP contribution in [0.1, 0.15) is 19.4 Å². The molecule has 0 atom stereocenters. The molecule has 0 saturated carbocycles. The van der Waals surface area contributed by atoms with Crippen molar-refractivity contribution in [2.45, 2.75) is 25.1 Å². The van der Waals surface area contributed by atoms with Gasteiger partial charge in [0.25, 0.3) is 0 Å². The SMILES string of the molecule is CC(C)OC(=O)CSc1n[nH]c(N/N=C\c2cccc(Oc3ccccc3)c2)n1. The lowest BCUT2D eigenvalue weighted by atomic mass is 10.2. The largest absolute Gasteiger partial charge is 0.462 e. The van der Waals surface area contributed by atoms with Crippen LogP contribution in [0.5, 0.6) is 11.5 Å². The van der Waals surface area contributed by atoms with Gasteiger partial charge in [-0.3, -0.25) is 4.79 Å². The predicted octanol–water partition coefficient (Wildman–Crippen LogP) is 4.09. The van der Waals surface area contributed by atoms with E-state index in [9.17, 15) is 4.79 Å². The summed E-state index contributed by atoms with van der Waals surface area (Å²) < 4.78 is 10.9. The van der Waals surface area contributed by atoms with Crippen LogP contribution in [0.25, 0.3) is 0 Å². The highest BCUT2D eigenvalue weighted by Gasteiger charge is 2.09. The van der Waals surface area contributed by atoms with Gasteiger partial charge >= 0.3 is 5.97 Å². The molecule has 9 heteroatoms. The molecule has 8 nitrogen and oxygen atoms in total. The third-order valence-corrected chi connectivity index (χ3v) is 4.19. The monoisotopic (exact) mass is 411 g/mol. The normalized spacial score (nSPS) is 11.0. The van der Waals surface area contributed by atoms with E-state index in [0.717, 1.165) is 11.3 Å². The fourth-order valence-electron chi connectivity index (χ4n) is 2.23. The number of nitrogens with one attached hydrogen (secondary N) is 2. The first-order valence-electron chi connectivity index (χ1n) is 8.95.